The van der Waals surface area contributed by atoms with Gasteiger partial charge in [-0.1, -0.05) is 284 Å². The lowest BCUT2D eigenvalue weighted by Gasteiger charge is -2.27. The Hall–Kier alpha value is -9.76. The monoisotopic (exact) mass is 1270 g/mol. The minimum atomic E-state index is 1.04. The summed E-state index contributed by atoms with van der Waals surface area (Å²) in [5, 5.41) is 0. The second-order valence-corrected chi connectivity index (χ2v) is 27.2. The first-order chi connectivity index (χ1) is 47.5. The van der Waals surface area contributed by atoms with Gasteiger partial charge in [-0.25, -0.2) is 0 Å². The number of benzene rings is 12. The van der Waals surface area contributed by atoms with E-state index in [2.05, 4.69) is 332 Å². The zero-order chi connectivity index (χ0) is 67.0. The molecule has 0 aliphatic rings. The molecule has 0 saturated heterocycles. The molecule has 97 heavy (non-hydrogen) atoms. The van der Waals surface area contributed by atoms with Gasteiger partial charge in [-0.3, -0.25) is 0 Å². The Morgan fingerprint density at radius 3 is 0.784 bits per heavy atom. The molecule has 0 amide bonds. The zero-order valence-corrected chi connectivity index (χ0v) is 58.9. The van der Waals surface area contributed by atoms with Crippen LogP contribution in [-0.2, 0) is 25.7 Å². The van der Waals surface area contributed by atoms with Crippen molar-refractivity contribution in [3.05, 3.63) is 311 Å². The highest BCUT2D eigenvalue weighted by molar-refractivity contribution is 5.87. The topological polar surface area (TPSA) is 6.48 Å². The molecule has 0 saturated carbocycles. The van der Waals surface area contributed by atoms with Crippen molar-refractivity contribution in [2.24, 2.45) is 0 Å². The molecule has 0 radical (unpaired) electrons. The molecular weight excluding hydrogens is 1170 g/mol. The van der Waals surface area contributed by atoms with E-state index in [1.165, 1.54) is 174 Å². The van der Waals surface area contributed by atoms with E-state index in [1.807, 2.05) is 0 Å². The average molecular weight is 1270 g/mol. The summed E-state index contributed by atoms with van der Waals surface area (Å²) in [4.78, 5) is 4.88. The number of anilines is 6. The predicted molar refractivity (Wildman–Crippen MR) is 421 cm³/mol. The van der Waals surface area contributed by atoms with E-state index in [-0.39, 0.29) is 0 Å². The second kappa shape index (κ2) is 32.3. The first-order valence-corrected chi connectivity index (χ1v) is 36.4. The lowest BCUT2D eigenvalue weighted by Crippen LogP contribution is -2.10. The molecule has 0 heterocycles. The molecule has 0 aliphatic carbocycles. The number of hydrogen-bond donors (Lipinski definition) is 0. The van der Waals surface area contributed by atoms with Gasteiger partial charge in [-0.15, -0.1) is 0 Å². The maximum atomic E-state index is 2.61. The number of unbranched alkanes of at least 4 members (excludes halogenated alkanes) is 7. The number of nitrogens with zero attached hydrogens (tertiary/aromatic N) is 2. The SMILES string of the molecule is CCCCCCc1cc(-c2ccc(N(c3ccc(-c4ccc(CCCC)cc4)cc3)c3ccc(-c4ccc(-c5ccc(-c6ccc(C)cc6)cc5)cc4)cc3)cc2C)c(CCCCCC)cc1-c1ccc(N(c2ccc(C)cc2)c2ccc(-c3ccc(CCC)cc3)cc2)cc1C. The van der Waals surface area contributed by atoms with E-state index in [1.54, 1.807) is 0 Å². The van der Waals surface area contributed by atoms with Crippen LogP contribution in [0.5, 0.6) is 0 Å². The summed E-state index contributed by atoms with van der Waals surface area (Å²) in [5.74, 6) is 0. The van der Waals surface area contributed by atoms with Crippen LogP contribution in [0.15, 0.2) is 267 Å². The molecule has 0 unspecified atom stereocenters. The second-order valence-electron chi connectivity index (χ2n) is 27.2. The van der Waals surface area contributed by atoms with Crippen LogP contribution in [0.3, 0.4) is 0 Å². The zero-order valence-electron chi connectivity index (χ0n) is 58.9. The van der Waals surface area contributed by atoms with Gasteiger partial charge in [0.05, 0.1) is 0 Å². The third kappa shape index (κ3) is 16.4. The summed E-state index contributed by atoms with van der Waals surface area (Å²) in [6.45, 7) is 18.1. The predicted octanol–water partition coefficient (Wildman–Crippen LogP) is 28.1. The summed E-state index contributed by atoms with van der Waals surface area (Å²) in [6.07, 6.45) is 17.6. The van der Waals surface area contributed by atoms with E-state index in [4.69, 9.17) is 0 Å². The normalized spacial score (nSPS) is 11.3. The van der Waals surface area contributed by atoms with Crippen LogP contribution in [0.2, 0.25) is 0 Å². The van der Waals surface area contributed by atoms with Gasteiger partial charge in [0.25, 0.3) is 0 Å². The highest BCUT2D eigenvalue weighted by Gasteiger charge is 2.21. The van der Waals surface area contributed by atoms with Gasteiger partial charge >= 0.3 is 0 Å². The molecular formula is C95H98N2. The fourth-order valence-electron chi connectivity index (χ4n) is 14.1. The van der Waals surface area contributed by atoms with Gasteiger partial charge in [0, 0.05) is 34.1 Å². The molecule has 12 aromatic rings. The summed E-state index contributed by atoms with van der Waals surface area (Å²) in [7, 11) is 0. The van der Waals surface area contributed by atoms with Gasteiger partial charge in [0.1, 0.15) is 0 Å². The lowest BCUT2D eigenvalue weighted by atomic mass is 9.84. The van der Waals surface area contributed by atoms with Crippen LogP contribution >= 0.6 is 0 Å². The Bertz CT molecular complexity index is 4480. The minimum Gasteiger partial charge on any atom is -0.310 e. The highest BCUT2D eigenvalue weighted by Crippen LogP contribution is 2.44. The van der Waals surface area contributed by atoms with Gasteiger partial charge in [0.15, 0.2) is 0 Å². The van der Waals surface area contributed by atoms with Gasteiger partial charge in [-0.05, 0) is 257 Å². The summed E-state index contributed by atoms with van der Waals surface area (Å²) in [5.41, 5.74) is 35.2. The Kier molecular flexibility index (Phi) is 22.4. The van der Waals surface area contributed by atoms with Gasteiger partial charge in [-0.2, -0.15) is 0 Å². The van der Waals surface area contributed by atoms with Gasteiger partial charge < -0.3 is 9.80 Å². The molecule has 0 fully saturated rings. The molecule has 2 heteroatoms. The molecule has 0 spiro atoms. The van der Waals surface area contributed by atoms with E-state index in [9.17, 15) is 0 Å². The molecule has 488 valence electrons. The average Bonchev–Trinajstić information content (AvgIpc) is 1.38. The van der Waals surface area contributed by atoms with E-state index >= 15 is 0 Å². The van der Waals surface area contributed by atoms with E-state index in [0.29, 0.717) is 0 Å². The van der Waals surface area contributed by atoms with Crippen LogP contribution in [0, 0.1) is 27.7 Å². The number of hydrogen-bond acceptors (Lipinski definition) is 2. The van der Waals surface area contributed by atoms with Crippen molar-refractivity contribution in [1.82, 2.24) is 0 Å². The van der Waals surface area contributed by atoms with Crippen molar-refractivity contribution < 1.29 is 0 Å². The molecule has 2 nitrogen and oxygen atoms in total. The Morgan fingerprint density at radius 2 is 0.474 bits per heavy atom. The summed E-state index contributed by atoms with van der Waals surface area (Å²) in [6, 6.07) is 101. The Morgan fingerprint density at radius 1 is 0.206 bits per heavy atom. The summed E-state index contributed by atoms with van der Waals surface area (Å²) >= 11 is 0. The summed E-state index contributed by atoms with van der Waals surface area (Å²) < 4.78 is 0. The van der Waals surface area contributed by atoms with Crippen molar-refractivity contribution in [2.45, 2.75) is 152 Å². The van der Waals surface area contributed by atoms with Crippen molar-refractivity contribution in [3.63, 3.8) is 0 Å². The third-order valence-corrected chi connectivity index (χ3v) is 19.9. The molecule has 0 aliphatic heterocycles. The van der Waals surface area contributed by atoms with E-state index < -0.39 is 0 Å². The fourth-order valence-corrected chi connectivity index (χ4v) is 14.1. The molecule has 12 aromatic carbocycles. The van der Waals surface area contributed by atoms with Gasteiger partial charge in [0.2, 0.25) is 0 Å². The van der Waals surface area contributed by atoms with Crippen LogP contribution in [0.1, 0.15) is 143 Å². The van der Waals surface area contributed by atoms with E-state index in [0.717, 1.165) is 79.1 Å². The van der Waals surface area contributed by atoms with Crippen LogP contribution in [-0.4, -0.2) is 0 Å². The lowest BCUT2D eigenvalue weighted by molar-refractivity contribution is 0.664. The first-order valence-electron chi connectivity index (χ1n) is 36.4. The Labute approximate surface area is 581 Å². The molecule has 0 aromatic heterocycles. The fraction of sp³-hybridized carbons (Fsp3) is 0.242. The standard InChI is InChI=1S/C95H98N2/c1-9-13-16-18-22-84-67-95(85(23-19-17-14-10-2)66-94(84)92-62-60-90(64-70(92)7)96(86-52-26-69(6)27-53-86)87-54-46-81(47-55-87)75-34-28-72(20-12-4)29-35-75)93-63-61-91(65-71(93)8)97(88-56-48-82(49-57-88)76-36-30-73(31-37-76)21-15-11-3)89-58-50-83(51-59-89)80-44-42-79(43-45-80)78-40-38-77(39-41-78)74-32-24-68(5)25-33-74/h24-67H,9-23H2,1-8H3. The third-order valence-electron chi connectivity index (χ3n) is 19.9. The molecule has 0 N–H and O–H groups in total. The maximum Gasteiger partial charge on any atom is 0.0464 e. The van der Waals surface area contributed by atoms with Crippen molar-refractivity contribution >= 4 is 34.1 Å². The number of aryl methyl sites for hydroxylation is 8. The smallest absolute Gasteiger partial charge is 0.0464 e. The Balaban J connectivity index is 0.888. The first kappa shape index (κ1) is 67.2. The maximum absolute atomic E-state index is 2.61. The van der Waals surface area contributed by atoms with Crippen molar-refractivity contribution in [1.29, 1.82) is 0 Å². The van der Waals surface area contributed by atoms with Crippen molar-refractivity contribution in [3.8, 4) is 77.9 Å². The highest BCUT2D eigenvalue weighted by atomic mass is 15.1. The number of rotatable bonds is 28. The molecule has 0 bridgehead atoms. The minimum absolute atomic E-state index is 1.04. The van der Waals surface area contributed by atoms with Crippen molar-refractivity contribution in [2.75, 3.05) is 9.80 Å². The largest absolute Gasteiger partial charge is 0.310 e. The van der Waals surface area contributed by atoms with Crippen LogP contribution in [0.4, 0.5) is 34.1 Å². The molecule has 0 atom stereocenters. The van der Waals surface area contributed by atoms with Crippen LogP contribution in [0.25, 0.3) is 77.9 Å². The van der Waals surface area contributed by atoms with Crippen LogP contribution < -0.4 is 9.80 Å². The quantitative estimate of drug-likeness (QED) is 0.0451. The molecule has 12 rings (SSSR count).